The van der Waals surface area contributed by atoms with Crippen molar-refractivity contribution in [3.05, 3.63) is 33.3 Å². The van der Waals surface area contributed by atoms with Gasteiger partial charge in [-0.05, 0) is 30.5 Å². The first kappa shape index (κ1) is 13.8. The number of carboxylic acids is 1. The average molecular weight is 333 g/mol. The molecule has 3 nitrogen and oxygen atoms in total. The fourth-order valence-corrected chi connectivity index (χ4v) is 3.17. The highest BCUT2D eigenvalue weighted by Crippen LogP contribution is 2.34. The summed E-state index contributed by atoms with van der Waals surface area (Å²) in [5, 5.41) is 9.47. The Bertz CT molecular complexity index is 460. The van der Waals surface area contributed by atoms with Crippen molar-refractivity contribution in [3.63, 3.8) is 0 Å². The smallest absolute Gasteiger partial charge is 0.303 e. The van der Waals surface area contributed by atoms with Gasteiger partial charge in [-0.2, -0.15) is 0 Å². The molecule has 1 fully saturated rings. The van der Waals surface area contributed by atoms with Crippen LogP contribution in [-0.4, -0.2) is 29.1 Å². The first-order chi connectivity index (χ1) is 8.47. The van der Waals surface area contributed by atoms with E-state index in [0.29, 0.717) is 0 Å². The number of hydrogen-bond acceptors (Lipinski definition) is 2. The minimum absolute atomic E-state index is 0.232. The molecule has 98 valence electrons. The van der Waals surface area contributed by atoms with Gasteiger partial charge in [0.05, 0.1) is 6.42 Å². The van der Waals surface area contributed by atoms with Gasteiger partial charge in [-0.15, -0.1) is 0 Å². The lowest BCUT2D eigenvalue weighted by molar-refractivity contribution is -0.139. The van der Waals surface area contributed by atoms with Gasteiger partial charge in [-0.1, -0.05) is 33.6 Å². The zero-order valence-electron chi connectivity index (χ0n) is 10.1. The molecule has 1 saturated heterocycles. The molecular weight excluding hydrogens is 318 g/mol. The van der Waals surface area contributed by atoms with Crippen molar-refractivity contribution in [2.45, 2.75) is 19.4 Å². The molecule has 1 aromatic rings. The maximum Gasteiger partial charge on any atom is 0.303 e. The van der Waals surface area contributed by atoms with Gasteiger partial charge in [0.2, 0.25) is 0 Å². The molecule has 18 heavy (non-hydrogen) atoms. The van der Waals surface area contributed by atoms with E-state index in [0.717, 1.165) is 28.1 Å². The van der Waals surface area contributed by atoms with Crippen molar-refractivity contribution in [1.82, 2.24) is 4.90 Å². The van der Waals surface area contributed by atoms with Crippen LogP contribution in [0.2, 0.25) is 5.02 Å². The Balaban J connectivity index is 1.97. The second-order valence-electron chi connectivity index (χ2n) is 4.76. The summed E-state index contributed by atoms with van der Waals surface area (Å²) in [6, 6.07) is 6.12. The van der Waals surface area contributed by atoms with Crippen molar-refractivity contribution in [2.24, 2.45) is 5.92 Å². The quantitative estimate of drug-likeness (QED) is 0.916. The molecule has 1 aliphatic rings. The SMILES string of the molecule is CC(c1ccc(Br)cc1Cl)N1CC(CC(=O)O)C1. The van der Waals surface area contributed by atoms with Crippen LogP contribution in [0.15, 0.2) is 22.7 Å². The van der Waals surface area contributed by atoms with Crippen LogP contribution < -0.4 is 0 Å². The molecule has 0 aromatic heterocycles. The molecule has 1 unspecified atom stereocenters. The zero-order valence-corrected chi connectivity index (χ0v) is 12.4. The van der Waals surface area contributed by atoms with Crippen molar-refractivity contribution < 1.29 is 9.90 Å². The zero-order chi connectivity index (χ0) is 13.3. The van der Waals surface area contributed by atoms with Crippen molar-refractivity contribution in [3.8, 4) is 0 Å². The highest BCUT2D eigenvalue weighted by molar-refractivity contribution is 9.10. The van der Waals surface area contributed by atoms with E-state index in [-0.39, 0.29) is 18.4 Å². The largest absolute Gasteiger partial charge is 0.481 e. The summed E-state index contributed by atoms with van der Waals surface area (Å²) in [4.78, 5) is 12.8. The number of likely N-dealkylation sites (tertiary alicyclic amines) is 1. The molecule has 0 radical (unpaired) electrons. The Morgan fingerprint density at radius 3 is 2.83 bits per heavy atom. The standard InChI is InChI=1S/C13H15BrClNO2/c1-8(11-3-2-10(14)5-12(11)15)16-6-9(7-16)4-13(17)18/h2-3,5,8-9H,4,6-7H2,1H3,(H,17,18). The molecule has 1 N–H and O–H groups in total. The Morgan fingerprint density at radius 1 is 1.61 bits per heavy atom. The maximum atomic E-state index is 10.6. The molecular formula is C13H15BrClNO2. The van der Waals surface area contributed by atoms with Gasteiger partial charge in [-0.3, -0.25) is 9.69 Å². The summed E-state index contributed by atoms with van der Waals surface area (Å²) < 4.78 is 0.968. The van der Waals surface area contributed by atoms with E-state index in [1.807, 2.05) is 18.2 Å². The topological polar surface area (TPSA) is 40.5 Å². The lowest BCUT2D eigenvalue weighted by Crippen LogP contribution is -2.48. The minimum atomic E-state index is -0.714. The summed E-state index contributed by atoms with van der Waals surface area (Å²) in [6.45, 7) is 3.77. The fourth-order valence-electron chi connectivity index (χ4n) is 2.34. The number of carbonyl (C=O) groups is 1. The van der Waals surface area contributed by atoms with Crippen LogP contribution in [0.5, 0.6) is 0 Å². The lowest BCUT2D eigenvalue weighted by Gasteiger charge is -2.43. The molecule has 5 heteroatoms. The molecule has 0 amide bonds. The van der Waals surface area contributed by atoms with E-state index in [1.54, 1.807) is 0 Å². The number of rotatable bonds is 4. The molecule has 1 atom stereocenters. The van der Waals surface area contributed by atoms with Gasteiger partial charge >= 0.3 is 5.97 Å². The normalized spacial score (nSPS) is 18.4. The summed E-state index contributed by atoms with van der Waals surface area (Å²) >= 11 is 9.61. The van der Waals surface area contributed by atoms with E-state index in [1.165, 1.54) is 0 Å². The highest BCUT2D eigenvalue weighted by Gasteiger charge is 2.32. The lowest BCUT2D eigenvalue weighted by atomic mass is 9.92. The second kappa shape index (κ2) is 5.59. The Morgan fingerprint density at radius 2 is 2.28 bits per heavy atom. The van der Waals surface area contributed by atoms with E-state index in [9.17, 15) is 4.79 Å². The first-order valence-corrected chi connectivity index (χ1v) is 7.05. The Hall–Kier alpha value is -0.580. The Kier molecular flexibility index (Phi) is 4.30. The third-order valence-corrected chi connectivity index (χ3v) is 4.23. The van der Waals surface area contributed by atoms with Gasteiger partial charge in [0.15, 0.2) is 0 Å². The number of carboxylic acid groups (broad SMARTS) is 1. The van der Waals surface area contributed by atoms with Crippen LogP contribution in [0.1, 0.15) is 24.9 Å². The molecule has 0 saturated carbocycles. The number of benzene rings is 1. The summed E-state index contributed by atoms with van der Waals surface area (Å²) in [5.74, 6) is -0.437. The predicted molar refractivity (Wildman–Crippen MR) is 74.9 cm³/mol. The van der Waals surface area contributed by atoms with Gasteiger partial charge in [0, 0.05) is 28.6 Å². The third kappa shape index (κ3) is 3.05. The van der Waals surface area contributed by atoms with Gasteiger partial charge in [0.1, 0.15) is 0 Å². The molecule has 1 aromatic carbocycles. The van der Waals surface area contributed by atoms with E-state index in [4.69, 9.17) is 16.7 Å². The van der Waals surface area contributed by atoms with Gasteiger partial charge in [-0.25, -0.2) is 0 Å². The first-order valence-electron chi connectivity index (χ1n) is 5.88. The van der Waals surface area contributed by atoms with Crippen LogP contribution in [0.4, 0.5) is 0 Å². The number of nitrogens with zero attached hydrogens (tertiary/aromatic N) is 1. The predicted octanol–water partition coefficient (Wildman–Crippen LogP) is 3.57. The molecule has 1 heterocycles. The maximum absolute atomic E-state index is 10.6. The molecule has 0 spiro atoms. The summed E-state index contributed by atoms with van der Waals surface area (Å²) in [6.07, 6.45) is 0.261. The summed E-state index contributed by atoms with van der Waals surface area (Å²) in [7, 11) is 0. The number of aliphatic carboxylic acids is 1. The van der Waals surface area contributed by atoms with Crippen LogP contribution >= 0.6 is 27.5 Å². The molecule has 1 aliphatic heterocycles. The van der Waals surface area contributed by atoms with E-state index >= 15 is 0 Å². The van der Waals surface area contributed by atoms with Gasteiger partial charge < -0.3 is 5.11 Å². The summed E-state index contributed by atoms with van der Waals surface area (Å²) in [5.41, 5.74) is 1.09. The highest BCUT2D eigenvalue weighted by atomic mass is 79.9. The van der Waals surface area contributed by atoms with Crippen LogP contribution in [0, 0.1) is 5.92 Å². The number of halogens is 2. The van der Waals surface area contributed by atoms with Crippen LogP contribution in [0.3, 0.4) is 0 Å². The van der Waals surface area contributed by atoms with Crippen molar-refractivity contribution in [1.29, 1.82) is 0 Å². The van der Waals surface area contributed by atoms with E-state index < -0.39 is 5.97 Å². The van der Waals surface area contributed by atoms with Crippen molar-refractivity contribution >= 4 is 33.5 Å². The fraction of sp³-hybridized carbons (Fsp3) is 0.462. The Labute approximate surface area is 120 Å². The average Bonchev–Trinajstić information content (AvgIpc) is 2.21. The molecule has 2 rings (SSSR count). The van der Waals surface area contributed by atoms with Crippen molar-refractivity contribution in [2.75, 3.05) is 13.1 Å². The monoisotopic (exact) mass is 331 g/mol. The molecule has 0 aliphatic carbocycles. The minimum Gasteiger partial charge on any atom is -0.481 e. The van der Waals surface area contributed by atoms with E-state index in [2.05, 4.69) is 27.8 Å². The second-order valence-corrected chi connectivity index (χ2v) is 6.08. The van der Waals surface area contributed by atoms with Crippen LogP contribution in [0.25, 0.3) is 0 Å². The molecule has 0 bridgehead atoms. The third-order valence-electron chi connectivity index (χ3n) is 3.41. The van der Waals surface area contributed by atoms with Gasteiger partial charge in [0.25, 0.3) is 0 Å². The van der Waals surface area contributed by atoms with Crippen LogP contribution in [-0.2, 0) is 4.79 Å². The number of hydrogen-bond donors (Lipinski definition) is 1.